The summed E-state index contributed by atoms with van der Waals surface area (Å²) in [6, 6.07) is 11.3. The van der Waals surface area contributed by atoms with Gasteiger partial charge in [-0.3, -0.25) is 19.3 Å². The third-order valence-electron chi connectivity index (χ3n) is 11.9. The van der Waals surface area contributed by atoms with Gasteiger partial charge < -0.3 is 28.8 Å². The molecule has 0 unspecified atom stereocenters. The van der Waals surface area contributed by atoms with Gasteiger partial charge in [-0.05, 0) is 82.1 Å². The van der Waals surface area contributed by atoms with Crippen molar-refractivity contribution in [2.24, 2.45) is 25.9 Å². The van der Waals surface area contributed by atoms with E-state index in [-0.39, 0.29) is 36.5 Å². The van der Waals surface area contributed by atoms with E-state index in [1.54, 1.807) is 11.0 Å². The molecule has 0 radical (unpaired) electrons. The van der Waals surface area contributed by atoms with Gasteiger partial charge in [0.15, 0.2) is 11.6 Å². The van der Waals surface area contributed by atoms with E-state index >= 15 is 0 Å². The summed E-state index contributed by atoms with van der Waals surface area (Å²) in [6.07, 6.45) is 4.86. The summed E-state index contributed by atoms with van der Waals surface area (Å²) in [5.41, 5.74) is 6.81. The van der Waals surface area contributed by atoms with E-state index in [0.717, 1.165) is 84.5 Å². The quantitative estimate of drug-likeness (QED) is 0.139. The van der Waals surface area contributed by atoms with E-state index in [1.165, 1.54) is 7.11 Å². The Labute approximate surface area is 345 Å². The Morgan fingerprint density at radius 2 is 1.50 bits per heavy atom. The number of amides is 2. The number of hydrogen-bond donors (Lipinski definition) is 1. The summed E-state index contributed by atoms with van der Waals surface area (Å²) in [5.74, 6) is 0.656. The summed E-state index contributed by atoms with van der Waals surface area (Å²) in [6.45, 7) is 10.8. The van der Waals surface area contributed by atoms with Crippen LogP contribution in [0, 0.1) is 18.8 Å². The number of imidazole rings is 2. The van der Waals surface area contributed by atoms with Crippen molar-refractivity contribution in [3.05, 3.63) is 87.0 Å². The zero-order valence-corrected chi connectivity index (χ0v) is 35.4. The van der Waals surface area contributed by atoms with Crippen molar-refractivity contribution in [3.8, 4) is 11.1 Å². The number of rotatable bonds is 9. The number of esters is 1. The molecule has 7 rings (SSSR count). The number of carbonyl (C=O) groups is 4. The van der Waals surface area contributed by atoms with E-state index in [0.29, 0.717) is 53.5 Å². The first kappa shape index (κ1) is 41.2. The molecule has 0 bridgehead atoms. The molecular formula is C44H54ClN7O6. The molecule has 14 heteroatoms. The fraction of sp³-hybridized carbons (Fsp3) is 0.500. The van der Waals surface area contributed by atoms with Crippen LogP contribution in [-0.2, 0) is 60.7 Å². The van der Waals surface area contributed by atoms with E-state index in [9.17, 15) is 19.2 Å². The predicted octanol–water partition coefficient (Wildman–Crippen LogP) is 7.09. The van der Waals surface area contributed by atoms with Gasteiger partial charge in [0.2, 0.25) is 5.78 Å². The molecule has 13 nitrogen and oxygen atoms in total. The standard InChI is InChI=1S/C44H54ClN7O6/c1-26-29(22-37(53)39-46-34-25-52(21-19-36(34)49(39)5)43(56)58-44(2,3)4)10-8-11-30(26)31-12-9-13-32(38(31)45)48-41(54)40-47-33-24-51(20-18-35(33)50(40)6)23-27-14-16-28(17-15-27)42(55)57-7/h8-13,27-28H,14-25H2,1-7H3,(H,48,54). The van der Waals surface area contributed by atoms with Crippen LogP contribution in [0.1, 0.15) is 102 Å². The van der Waals surface area contributed by atoms with Crippen LogP contribution >= 0.6 is 11.6 Å². The number of Topliss-reactive ketones (excluding diaryl/α,β-unsaturated/α-hetero) is 1. The smallest absolute Gasteiger partial charge is 0.410 e. The maximum Gasteiger partial charge on any atom is 0.410 e. The number of carbonyl (C=O) groups excluding carboxylic acids is 4. The molecule has 2 aliphatic heterocycles. The molecule has 2 aromatic heterocycles. The third-order valence-corrected chi connectivity index (χ3v) is 12.3. The van der Waals surface area contributed by atoms with Gasteiger partial charge in [0.1, 0.15) is 5.60 Å². The summed E-state index contributed by atoms with van der Waals surface area (Å²) in [4.78, 5) is 65.8. The third kappa shape index (κ3) is 8.56. The molecule has 2 amide bonds. The van der Waals surface area contributed by atoms with Crippen LogP contribution in [0.4, 0.5) is 10.5 Å². The molecule has 58 heavy (non-hydrogen) atoms. The average molecular weight is 812 g/mol. The van der Waals surface area contributed by atoms with Crippen LogP contribution in [0.5, 0.6) is 0 Å². The fourth-order valence-corrected chi connectivity index (χ4v) is 9.02. The molecule has 0 atom stereocenters. The highest BCUT2D eigenvalue weighted by molar-refractivity contribution is 6.36. The lowest BCUT2D eigenvalue weighted by Crippen LogP contribution is -2.40. The molecular weight excluding hydrogens is 758 g/mol. The largest absolute Gasteiger partial charge is 0.469 e. The molecule has 1 aliphatic carbocycles. The average Bonchev–Trinajstić information content (AvgIpc) is 3.71. The van der Waals surface area contributed by atoms with Gasteiger partial charge in [-0.25, -0.2) is 14.8 Å². The lowest BCUT2D eigenvalue weighted by atomic mass is 9.81. The molecule has 0 spiro atoms. The second kappa shape index (κ2) is 16.7. The van der Waals surface area contributed by atoms with Crippen LogP contribution in [0.25, 0.3) is 11.1 Å². The molecule has 1 N–H and O–H groups in total. The summed E-state index contributed by atoms with van der Waals surface area (Å²) in [5, 5.41) is 3.41. The number of anilines is 1. The number of aromatic nitrogens is 4. The number of fused-ring (bicyclic) bond motifs is 2. The lowest BCUT2D eigenvalue weighted by molar-refractivity contribution is -0.146. The van der Waals surface area contributed by atoms with E-state index in [1.807, 2.05) is 81.3 Å². The highest BCUT2D eigenvalue weighted by Gasteiger charge is 2.32. The maximum atomic E-state index is 13.8. The van der Waals surface area contributed by atoms with Crippen molar-refractivity contribution in [3.63, 3.8) is 0 Å². The number of methoxy groups -OCH3 is 1. The second-order valence-corrected chi connectivity index (χ2v) is 17.3. The van der Waals surface area contributed by atoms with Crippen molar-refractivity contribution in [1.29, 1.82) is 0 Å². The van der Waals surface area contributed by atoms with Crippen molar-refractivity contribution < 1.29 is 28.7 Å². The van der Waals surface area contributed by atoms with Crippen molar-refractivity contribution in [1.82, 2.24) is 28.9 Å². The van der Waals surface area contributed by atoms with E-state index in [4.69, 9.17) is 31.0 Å². The Morgan fingerprint density at radius 3 is 2.21 bits per heavy atom. The Bertz CT molecular complexity index is 2250. The topological polar surface area (TPSA) is 141 Å². The highest BCUT2D eigenvalue weighted by Crippen LogP contribution is 2.37. The number of hydrogen-bond acceptors (Lipinski definition) is 9. The number of benzene rings is 2. The highest BCUT2D eigenvalue weighted by atomic mass is 35.5. The first-order valence-electron chi connectivity index (χ1n) is 20.2. The Morgan fingerprint density at radius 1 is 0.862 bits per heavy atom. The Kier molecular flexibility index (Phi) is 11.8. The number of halogens is 1. The fourth-order valence-electron chi connectivity index (χ4n) is 8.75. The molecule has 4 aromatic rings. The van der Waals surface area contributed by atoms with Crippen LogP contribution < -0.4 is 5.32 Å². The first-order chi connectivity index (χ1) is 27.6. The van der Waals surface area contributed by atoms with Crippen LogP contribution in [0.3, 0.4) is 0 Å². The SMILES string of the molecule is COC(=O)C1CCC(CN2CCc3c(nc(C(=O)Nc4cccc(-c5cccc(CC(=O)c6nc7c(n6C)CCN(C(=O)OC(C)(C)C)C7)c5C)c4Cl)n3C)C2)CC1. The normalized spacial score (nSPS) is 18.3. The minimum atomic E-state index is -0.603. The van der Waals surface area contributed by atoms with Gasteiger partial charge in [0.05, 0.1) is 41.7 Å². The van der Waals surface area contributed by atoms with Crippen molar-refractivity contribution in [2.45, 2.75) is 91.3 Å². The zero-order valence-electron chi connectivity index (χ0n) is 34.6. The van der Waals surface area contributed by atoms with Crippen LogP contribution in [0.15, 0.2) is 36.4 Å². The number of ether oxygens (including phenoxy) is 2. The molecule has 308 valence electrons. The number of nitrogens with one attached hydrogen (secondary N) is 1. The Balaban J connectivity index is 1.01. The molecule has 4 heterocycles. The zero-order chi connectivity index (χ0) is 41.5. The van der Waals surface area contributed by atoms with Gasteiger partial charge in [0.25, 0.3) is 5.91 Å². The molecule has 1 fully saturated rings. The van der Waals surface area contributed by atoms with Crippen molar-refractivity contribution in [2.75, 3.05) is 32.1 Å². The van der Waals surface area contributed by atoms with Gasteiger partial charge in [0, 0.05) is 76.5 Å². The molecule has 2 aromatic carbocycles. The van der Waals surface area contributed by atoms with Gasteiger partial charge >= 0.3 is 12.1 Å². The summed E-state index contributed by atoms with van der Waals surface area (Å²) < 4.78 is 14.3. The second-order valence-electron chi connectivity index (χ2n) is 17.0. The number of nitrogens with zero attached hydrogens (tertiary/aromatic N) is 6. The maximum absolute atomic E-state index is 13.8. The minimum Gasteiger partial charge on any atom is -0.469 e. The van der Waals surface area contributed by atoms with Crippen LogP contribution in [-0.4, -0.2) is 85.0 Å². The van der Waals surface area contributed by atoms with E-state index < -0.39 is 11.7 Å². The van der Waals surface area contributed by atoms with Crippen molar-refractivity contribution >= 4 is 41.0 Å². The van der Waals surface area contributed by atoms with Gasteiger partial charge in [-0.1, -0.05) is 41.9 Å². The Hall–Kier alpha value is -5.01. The summed E-state index contributed by atoms with van der Waals surface area (Å²) >= 11 is 7.04. The first-order valence-corrected chi connectivity index (χ1v) is 20.6. The van der Waals surface area contributed by atoms with Gasteiger partial charge in [-0.2, -0.15) is 0 Å². The lowest BCUT2D eigenvalue weighted by Gasteiger charge is -2.33. The minimum absolute atomic E-state index is 0.0115. The monoisotopic (exact) mass is 811 g/mol. The summed E-state index contributed by atoms with van der Waals surface area (Å²) in [7, 11) is 5.20. The predicted molar refractivity (Wildman–Crippen MR) is 221 cm³/mol. The molecule has 0 saturated heterocycles. The number of ketones is 1. The molecule has 3 aliphatic rings. The van der Waals surface area contributed by atoms with Gasteiger partial charge in [-0.15, -0.1) is 0 Å². The molecule has 1 saturated carbocycles. The van der Waals surface area contributed by atoms with Crippen LogP contribution in [0.2, 0.25) is 5.02 Å². The van der Waals surface area contributed by atoms with E-state index in [2.05, 4.69) is 10.2 Å².